The highest BCUT2D eigenvalue weighted by molar-refractivity contribution is 5.83. The molecule has 0 radical (unpaired) electrons. The molecular formula is C24H25N. The summed E-state index contributed by atoms with van der Waals surface area (Å²) in [5, 5.41) is 2.68. The van der Waals surface area contributed by atoms with Gasteiger partial charge in [0, 0.05) is 19.6 Å². The fourth-order valence-electron chi connectivity index (χ4n) is 3.70. The summed E-state index contributed by atoms with van der Waals surface area (Å²) in [6.45, 7) is 5.53. The predicted octanol–water partition coefficient (Wildman–Crippen LogP) is 5.48. The van der Waals surface area contributed by atoms with Gasteiger partial charge in [-0.25, -0.2) is 0 Å². The van der Waals surface area contributed by atoms with Crippen LogP contribution in [0.1, 0.15) is 23.1 Å². The molecule has 0 saturated carbocycles. The topological polar surface area (TPSA) is 3.24 Å². The molecule has 0 saturated heterocycles. The SMILES string of the molecule is Cc1cccc(C2=CCN(CCc3ccc4ccccc4c3)CC2)c1. The van der Waals surface area contributed by atoms with E-state index in [1.54, 1.807) is 0 Å². The molecule has 0 spiro atoms. The highest BCUT2D eigenvalue weighted by Gasteiger charge is 2.13. The summed E-state index contributed by atoms with van der Waals surface area (Å²) < 4.78 is 0. The van der Waals surface area contributed by atoms with Gasteiger partial charge in [-0.1, -0.05) is 78.4 Å². The average molecular weight is 327 g/mol. The van der Waals surface area contributed by atoms with E-state index in [2.05, 4.69) is 84.6 Å². The Morgan fingerprint density at radius 2 is 1.76 bits per heavy atom. The smallest absolute Gasteiger partial charge is 0.0169 e. The molecule has 0 aliphatic carbocycles. The van der Waals surface area contributed by atoms with Gasteiger partial charge in [0.25, 0.3) is 0 Å². The third-order valence-corrected chi connectivity index (χ3v) is 5.21. The summed E-state index contributed by atoms with van der Waals surface area (Å²) >= 11 is 0. The van der Waals surface area contributed by atoms with Crippen LogP contribution >= 0.6 is 0 Å². The average Bonchev–Trinajstić information content (AvgIpc) is 2.66. The number of nitrogens with zero attached hydrogens (tertiary/aromatic N) is 1. The number of rotatable bonds is 4. The lowest BCUT2D eigenvalue weighted by Gasteiger charge is -2.26. The third kappa shape index (κ3) is 3.83. The molecule has 0 N–H and O–H groups in total. The van der Waals surface area contributed by atoms with Crippen molar-refractivity contribution in [3.8, 4) is 0 Å². The first kappa shape index (κ1) is 16.1. The zero-order valence-corrected chi connectivity index (χ0v) is 14.9. The van der Waals surface area contributed by atoms with Gasteiger partial charge in [-0.2, -0.15) is 0 Å². The van der Waals surface area contributed by atoms with Gasteiger partial charge in [0.1, 0.15) is 0 Å². The lowest BCUT2D eigenvalue weighted by atomic mass is 9.98. The minimum absolute atomic E-state index is 1.07. The Balaban J connectivity index is 1.38. The Kier molecular flexibility index (Phi) is 4.67. The first-order valence-electron chi connectivity index (χ1n) is 9.24. The van der Waals surface area contributed by atoms with Crippen LogP contribution in [0.4, 0.5) is 0 Å². The van der Waals surface area contributed by atoms with E-state index in [0.717, 1.165) is 32.5 Å². The molecule has 4 rings (SSSR count). The summed E-state index contributed by atoms with van der Waals surface area (Å²) in [6.07, 6.45) is 4.69. The Morgan fingerprint density at radius 3 is 2.56 bits per heavy atom. The first-order chi connectivity index (χ1) is 12.3. The molecule has 0 bridgehead atoms. The molecule has 3 aromatic rings. The van der Waals surface area contributed by atoms with Gasteiger partial charge in [0.2, 0.25) is 0 Å². The Hall–Kier alpha value is -2.38. The van der Waals surface area contributed by atoms with Crippen molar-refractivity contribution in [2.45, 2.75) is 19.8 Å². The van der Waals surface area contributed by atoms with Crippen molar-refractivity contribution >= 4 is 16.3 Å². The summed E-state index contributed by atoms with van der Waals surface area (Å²) in [5.74, 6) is 0. The molecule has 1 heterocycles. The van der Waals surface area contributed by atoms with E-state index in [9.17, 15) is 0 Å². The molecule has 0 amide bonds. The van der Waals surface area contributed by atoms with Gasteiger partial charge in [-0.15, -0.1) is 0 Å². The van der Waals surface area contributed by atoms with Gasteiger partial charge < -0.3 is 0 Å². The fraction of sp³-hybridized carbons (Fsp3) is 0.250. The van der Waals surface area contributed by atoms with E-state index in [0.29, 0.717) is 0 Å². The largest absolute Gasteiger partial charge is 0.299 e. The van der Waals surface area contributed by atoms with Crippen LogP contribution in [0.3, 0.4) is 0 Å². The molecule has 0 fully saturated rings. The van der Waals surface area contributed by atoms with Gasteiger partial charge in [-0.3, -0.25) is 4.90 Å². The molecule has 25 heavy (non-hydrogen) atoms. The first-order valence-corrected chi connectivity index (χ1v) is 9.24. The molecule has 0 aromatic heterocycles. The summed E-state index contributed by atoms with van der Waals surface area (Å²) in [5.41, 5.74) is 5.68. The van der Waals surface area contributed by atoms with Crippen LogP contribution in [0.15, 0.2) is 72.8 Å². The lowest BCUT2D eigenvalue weighted by molar-refractivity contribution is 0.306. The van der Waals surface area contributed by atoms with Crippen LogP contribution in [-0.4, -0.2) is 24.5 Å². The molecule has 1 heteroatoms. The third-order valence-electron chi connectivity index (χ3n) is 5.21. The van der Waals surface area contributed by atoms with Crippen LogP contribution in [0.2, 0.25) is 0 Å². The van der Waals surface area contributed by atoms with E-state index >= 15 is 0 Å². The van der Waals surface area contributed by atoms with Crippen molar-refractivity contribution in [1.82, 2.24) is 4.90 Å². The van der Waals surface area contributed by atoms with Crippen LogP contribution < -0.4 is 0 Å². The van der Waals surface area contributed by atoms with Crippen LogP contribution in [0.5, 0.6) is 0 Å². The number of benzene rings is 3. The maximum atomic E-state index is 2.56. The molecule has 1 aliphatic heterocycles. The fourth-order valence-corrected chi connectivity index (χ4v) is 3.70. The van der Waals surface area contributed by atoms with E-state index in [1.807, 2.05) is 0 Å². The minimum Gasteiger partial charge on any atom is -0.299 e. The monoisotopic (exact) mass is 327 g/mol. The van der Waals surface area contributed by atoms with E-state index < -0.39 is 0 Å². The quantitative estimate of drug-likeness (QED) is 0.613. The second kappa shape index (κ2) is 7.25. The number of hydrogen-bond acceptors (Lipinski definition) is 1. The molecule has 0 atom stereocenters. The summed E-state index contributed by atoms with van der Waals surface area (Å²) in [4.78, 5) is 2.56. The Labute approximate surface area is 150 Å². The zero-order valence-electron chi connectivity index (χ0n) is 14.9. The highest BCUT2D eigenvalue weighted by atomic mass is 15.1. The number of hydrogen-bond donors (Lipinski definition) is 0. The van der Waals surface area contributed by atoms with Gasteiger partial charge >= 0.3 is 0 Å². The Bertz CT molecular complexity index is 907. The number of fused-ring (bicyclic) bond motifs is 1. The molecular weight excluding hydrogens is 302 g/mol. The lowest BCUT2D eigenvalue weighted by Crippen LogP contribution is -2.30. The molecule has 1 aliphatic rings. The van der Waals surface area contributed by atoms with Crippen molar-refractivity contribution in [2.24, 2.45) is 0 Å². The summed E-state index contributed by atoms with van der Waals surface area (Å²) in [6, 6.07) is 24.4. The van der Waals surface area contributed by atoms with Crippen molar-refractivity contribution < 1.29 is 0 Å². The van der Waals surface area contributed by atoms with Crippen LogP contribution in [0, 0.1) is 6.92 Å². The van der Waals surface area contributed by atoms with E-state index in [4.69, 9.17) is 0 Å². The van der Waals surface area contributed by atoms with Gasteiger partial charge in [-0.05, 0) is 47.2 Å². The minimum atomic E-state index is 1.07. The van der Waals surface area contributed by atoms with Crippen molar-refractivity contribution in [3.05, 3.63) is 89.5 Å². The molecule has 3 aromatic carbocycles. The molecule has 1 nitrogen and oxygen atoms in total. The molecule has 126 valence electrons. The standard InChI is InChI=1S/C24H25N/c1-19-5-4-8-23(17-19)22-12-15-25(16-13-22)14-11-20-9-10-21-6-2-3-7-24(21)18-20/h2-10,12,17-18H,11,13-16H2,1H3. The second-order valence-electron chi connectivity index (χ2n) is 7.08. The maximum absolute atomic E-state index is 2.56. The van der Waals surface area contributed by atoms with Crippen molar-refractivity contribution in [2.75, 3.05) is 19.6 Å². The molecule has 0 unspecified atom stereocenters. The zero-order chi connectivity index (χ0) is 17.1. The van der Waals surface area contributed by atoms with Gasteiger partial charge in [0.15, 0.2) is 0 Å². The predicted molar refractivity (Wildman–Crippen MR) is 108 cm³/mol. The van der Waals surface area contributed by atoms with Crippen molar-refractivity contribution in [1.29, 1.82) is 0 Å². The Morgan fingerprint density at radius 1 is 0.880 bits per heavy atom. The van der Waals surface area contributed by atoms with E-state index in [-0.39, 0.29) is 0 Å². The maximum Gasteiger partial charge on any atom is 0.0169 e. The van der Waals surface area contributed by atoms with Gasteiger partial charge in [0.05, 0.1) is 0 Å². The number of aryl methyl sites for hydroxylation is 1. The van der Waals surface area contributed by atoms with Crippen molar-refractivity contribution in [3.63, 3.8) is 0 Å². The van der Waals surface area contributed by atoms with E-state index in [1.165, 1.54) is 33.0 Å². The normalized spacial score (nSPS) is 15.3. The summed E-state index contributed by atoms with van der Waals surface area (Å²) in [7, 11) is 0. The second-order valence-corrected chi connectivity index (χ2v) is 7.08. The van der Waals surface area contributed by atoms with Crippen LogP contribution in [0.25, 0.3) is 16.3 Å². The highest BCUT2D eigenvalue weighted by Crippen LogP contribution is 2.23. The van der Waals surface area contributed by atoms with Crippen LogP contribution in [-0.2, 0) is 6.42 Å².